The second kappa shape index (κ2) is 3.73. The van der Waals surface area contributed by atoms with E-state index in [2.05, 4.69) is 37.7 Å². The predicted molar refractivity (Wildman–Crippen MR) is 54.6 cm³/mol. The first-order chi connectivity index (χ1) is 6.02. The molecule has 0 aromatic carbocycles. The molecule has 0 bridgehead atoms. The molecular weight excluding hydrogens is 162 g/mol. The molecule has 0 saturated heterocycles. The highest BCUT2D eigenvalue weighted by Crippen LogP contribution is 2.20. The zero-order valence-electron chi connectivity index (χ0n) is 8.70. The number of nitrogens with two attached hydrogens (primary N) is 1. The Hall–Kier alpha value is -1.12. The van der Waals surface area contributed by atoms with Gasteiger partial charge in [0, 0.05) is 5.92 Å². The van der Waals surface area contributed by atoms with Gasteiger partial charge in [0.1, 0.15) is 5.82 Å². The van der Waals surface area contributed by atoms with Crippen LogP contribution in [-0.4, -0.2) is 9.97 Å². The molecule has 2 N–H and O–H groups in total. The largest absolute Gasteiger partial charge is 0.396 e. The minimum Gasteiger partial charge on any atom is -0.396 e. The van der Waals surface area contributed by atoms with E-state index in [-0.39, 0.29) is 0 Å². The third kappa shape index (κ3) is 2.17. The first-order valence-corrected chi connectivity index (χ1v) is 4.64. The maximum Gasteiger partial charge on any atom is 0.131 e. The van der Waals surface area contributed by atoms with Crippen molar-refractivity contribution < 1.29 is 0 Å². The summed E-state index contributed by atoms with van der Waals surface area (Å²) >= 11 is 0. The molecular formula is C10H17N3. The van der Waals surface area contributed by atoms with E-state index in [1.54, 1.807) is 6.20 Å². The number of nitrogen functional groups attached to an aromatic ring is 1. The molecule has 1 rings (SSSR count). The van der Waals surface area contributed by atoms with Crippen LogP contribution in [0.25, 0.3) is 0 Å². The number of anilines is 1. The lowest BCUT2D eigenvalue weighted by Crippen LogP contribution is -2.06. The van der Waals surface area contributed by atoms with Crippen molar-refractivity contribution in [2.75, 3.05) is 5.73 Å². The van der Waals surface area contributed by atoms with E-state index in [9.17, 15) is 0 Å². The molecule has 0 aliphatic heterocycles. The van der Waals surface area contributed by atoms with Gasteiger partial charge in [0.05, 0.1) is 17.6 Å². The molecule has 3 heteroatoms. The van der Waals surface area contributed by atoms with Gasteiger partial charge in [-0.3, -0.25) is 0 Å². The number of nitrogens with zero attached hydrogens (tertiary/aromatic N) is 2. The molecule has 1 aromatic heterocycles. The highest BCUT2D eigenvalue weighted by Gasteiger charge is 2.09. The Kier molecular flexibility index (Phi) is 2.86. The maximum absolute atomic E-state index is 5.77. The van der Waals surface area contributed by atoms with Gasteiger partial charge in [0.15, 0.2) is 0 Å². The van der Waals surface area contributed by atoms with E-state index in [4.69, 9.17) is 5.73 Å². The lowest BCUT2D eigenvalue weighted by atomic mass is 10.1. The van der Waals surface area contributed by atoms with Crippen LogP contribution >= 0.6 is 0 Å². The fourth-order valence-electron chi connectivity index (χ4n) is 1.16. The molecule has 0 spiro atoms. The lowest BCUT2D eigenvalue weighted by Gasteiger charge is -2.10. The summed E-state index contributed by atoms with van der Waals surface area (Å²) in [7, 11) is 0. The molecule has 0 radical (unpaired) electrons. The van der Waals surface area contributed by atoms with Crippen LogP contribution in [0, 0.1) is 0 Å². The lowest BCUT2D eigenvalue weighted by molar-refractivity contribution is 0.732. The summed E-state index contributed by atoms with van der Waals surface area (Å²) in [5.41, 5.74) is 7.42. The van der Waals surface area contributed by atoms with E-state index in [1.807, 2.05) is 0 Å². The number of hydrogen-bond acceptors (Lipinski definition) is 3. The maximum atomic E-state index is 5.77. The Morgan fingerprint density at radius 1 is 1.15 bits per heavy atom. The monoisotopic (exact) mass is 179 g/mol. The van der Waals surface area contributed by atoms with E-state index in [0.29, 0.717) is 17.5 Å². The van der Waals surface area contributed by atoms with Gasteiger partial charge in [-0.05, 0) is 5.92 Å². The average molecular weight is 179 g/mol. The van der Waals surface area contributed by atoms with Crippen molar-refractivity contribution in [3.63, 3.8) is 0 Å². The molecule has 1 aromatic rings. The predicted octanol–water partition coefficient (Wildman–Crippen LogP) is 2.31. The minimum absolute atomic E-state index is 0.359. The Labute approximate surface area is 79.4 Å². The molecule has 1 heterocycles. The molecule has 0 atom stereocenters. The van der Waals surface area contributed by atoms with Crippen LogP contribution in [0.1, 0.15) is 51.0 Å². The standard InChI is InChI=1S/C10H17N3/c1-6(2)9-8(11)5-12-10(13-9)7(3)4/h5-7H,11H2,1-4H3. The smallest absolute Gasteiger partial charge is 0.131 e. The Morgan fingerprint density at radius 2 is 1.77 bits per heavy atom. The average Bonchev–Trinajstić information content (AvgIpc) is 2.04. The highest BCUT2D eigenvalue weighted by molar-refractivity contribution is 5.42. The first kappa shape index (κ1) is 9.96. The van der Waals surface area contributed by atoms with Gasteiger partial charge in [-0.25, -0.2) is 9.97 Å². The quantitative estimate of drug-likeness (QED) is 0.758. The Bertz CT molecular complexity index is 292. The normalized spacial score (nSPS) is 11.2. The summed E-state index contributed by atoms with van der Waals surface area (Å²) in [6.07, 6.45) is 1.71. The highest BCUT2D eigenvalue weighted by atomic mass is 14.9. The van der Waals surface area contributed by atoms with Crippen molar-refractivity contribution in [3.05, 3.63) is 17.7 Å². The number of hydrogen-bond donors (Lipinski definition) is 1. The van der Waals surface area contributed by atoms with Crippen LogP contribution < -0.4 is 5.73 Å². The zero-order valence-corrected chi connectivity index (χ0v) is 8.70. The fraction of sp³-hybridized carbons (Fsp3) is 0.600. The van der Waals surface area contributed by atoms with Gasteiger partial charge in [0.25, 0.3) is 0 Å². The summed E-state index contributed by atoms with van der Waals surface area (Å²) in [5.74, 6) is 1.59. The van der Waals surface area contributed by atoms with E-state index in [0.717, 1.165) is 11.5 Å². The van der Waals surface area contributed by atoms with Gasteiger partial charge < -0.3 is 5.73 Å². The first-order valence-electron chi connectivity index (χ1n) is 4.64. The molecule has 3 nitrogen and oxygen atoms in total. The van der Waals surface area contributed by atoms with E-state index in [1.165, 1.54) is 0 Å². The van der Waals surface area contributed by atoms with Crippen LogP contribution in [-0.2, 0) is 0 Å². The van der Waals surface area contributed by atoms with Crippen molar-refractivity contribution in [3.8, 4) is 0 Å². The number of aromatic nitrogens is 2. The van der Waals surface area contributed by atoms with Crippen molar-refractivity contribution >= 4 is 5.69 Å². The van der Waals surface area contributed by atoms with Gasteiger partial charge in [0.2, 0.25) is 0 Å². The van der Waals surface area contributed by atoms with Crippen molar-refractivity contribution in [1.82, 2.24) is 9.97 Å². The molecule has 0 aliphatic rings. The Balaban J connectivity index is 3.11. The summed E-state index contributed by atoms with van der Waals surface area (Å²) in [6.45, 7) is 8.33. The summed E-state index contributed by atoms with van der Waals surface area (Å²) in [4.78, 5) is 8.62. The van der Waals surface area contributed by atoms with Gasteiger partial charge in [-0.2, -0.15) is 0 Å². The summed E-state index contributed by atoms with van der Waals surface area (Å²) < 4.78 is 0. The molecule has 72 valence electrons. The molecule has 0 aliphatic carbocycles. The summed E-state index contributed by atoms with van der Waals surface area (Å²) in [6, 6.07) is 0. The summed E-state index contributed by atoms with van der Waals surface area (Å²) in [5, 5.41) is 0. The molecule has 0 saturated carbocycles. The van der Waals surface area contributed by atoms with Crippen LogP contribution in [0.2, 0.25) is 0 Å². The fourth-order valence-corrected chi connectivity index (χ4v) is 1.16. The second-order valence-corrected chi connectivity index (χ2v) is 3.88. The van der Waals surface area contributed by atoms with Crippen molar-refractivity contribution in [1.29, 1.82) is 0 Å². The number of rotatable bonds is 2. The second-order valence-electron chi connectivity index (χ2n) is 3.88. The van der Waals surface area contributed by atoms with Crippen LogP contribution in [0.5, 0.6) is 0 Å². The van der Waals surface area contributed by atoms with E-state index >= 15 is 0 Å². The SMILES string of the molecule is CC(C)c1ncc(N)c(C(C)C)n1. The van der Waals surface area contributed by atoms with Crippen LogP contribution in [0.15, 0.2) is 6.20 Å². The van der Waals surface area contributed by atoms with Gasteiger partial charge in [-0.15, -0.1) is 0 Å². The van der Waals surface area contributed by atoms with Crippen LogP contribution in [0.3, 0.4) is 0 Å². The Morgan fingerprint density at radius 3 is 2.23 bits per heavy atom. The van der Waals surface area contributed by atoms with Crippen LogP contribution in [0.4, 0.5) is 5.69 Å². The van der Waals surface area contributed by atoms with E-state index < -0.39 is 0 Å². The zero-order chi connectivity index (χ0) is 10.0. The molecule has 0 amide bonds. The molecule has 0 fully saturated rings. The molecule has 0 unspecified atom stereocenters. The molecule has 13 heavy (non-hydrogen) atoms. The van der Waals surface area contributed by atoms with Gasteiger partial charge >= 0.3 is 0 Å². The third-order valence-corrected chi connectivity index (χ3v) is 1.93. The van der Waals surface area contributed by atoms with Crippen molar-refractivity contribution in [2.24, 2.45) is 0 Å². The van der Waals surface area contributed by atoms with Gasteiger partial charge in [-0.1, -0.05) is 27.7 Å². The third-order valence-electron chi connectivity index (χ3n) is 1.93. The minimum atomic E-state index is 0.359. The van der Waals surface area contributed by atoms with Crippen molar-refractivity contribution in [2.45, 2.75) is 39.5 Å². The topological polar surface area (TPSA) is 51.8 Å².